The maximum absolute atomic E-state index is 14.5. The predicted molar refractivity (Wildman–Crippen MR) is 126 cm³/mol. The summed E-state index contributed by atoms with van der Waals surface area (Å²) in [4.78, 5) is 2.22. The molecule has 3 heterocycles. The van der Waals surface area contributed by atoms with Gasteiger partial charge in [0.1, 0.15) is 17.6 Å². The fourth-order valence-electron chi connectivity index (χ4n) is 4.44. The molecule has 1 saturated heterocycles. The molecule has 5 rings (SSSR count). The zero-order valence-corrected chi connectivity index (χ0v) is 18.6. The first kappa shape index (κ1) is 21.0. The number of halogens is 1. The molecule has 0 bridgehead atoms. The van der Waals surface area contributed by atoms with Crippen molar-refractivity contribution in [1.82, 2.24) is 25.3 Å². The van der Waals surface area contributed by atoms with Gasteiger partial charge >= 0.3 is 0 Å². The number of aromatic nitrogens is 4. The van der Waals surface area contributed by atoms with Crippen molar-refractivity contribution in [3.8, 4) is 28.5 Å². The van der Waals surface area contributed by atoms with E-state index in [1.54, 1.807) is 10.7 Å². The summed E-state index contributed by atoms with van der Waals surface area (Å²) < 4.78 is 16.3. The summed E-state index contributed by atoms with van der Waals surface area (Å²) in [7, 11) is 3.88. The highest BCUT2D eigenvalue weighted by Gasteiger charge is 2.21. The Kier molecular flexibility index (Phi) is 5.48. The third kappa shape index (κ3) is 4.03. The second kappa shape index (κ2) is 8.60. The number of fused-ring (bicyclic) bond motifs is 1. The molecular formula is C25H24FN7. The van der Waals surface area contributed by atoms with Gasteiger partial charge < -0.3 is 10.2 Å². The van der Waals surface area contributed by atoms with E-state index in [0.29, 0.717) is 17.3 Å². The maximum atomic E-state index is 14.5. The van der Waals surface area contributed by atoms with Crippen LogP contribution in [0.4, 0.5) is 10.2 Å². The summed E-state index contributed by atoms with van der Waals surface area (Å²) in [5.41, 5.74) is 3.90. The van der Waals surface area contributed by atoms with Crippen molar-refractivity contribution >= 4 is 16.7 Å². The zero-order chi connectivity index (χ0) is 22.9. The molecule has 7 nitrogen and oxygen atoms in total. The first-order valence-electron chi connectivity index (χ1n) is 11.0. The van der Waals surface area contributed by atoms with Gasteiger partial charge in [0.15, 0.2) is 5.82 Å². The average molecular weight is 442 g/mol. The highest BCUT2D eigenvalue weighted by Crippen LogP contribution is 2.34. The minimum absolute atomic E-state index is 0.0217. The van der Waals surface area contributed by atoms with Crippen LogP contribution in [-0.2, 0) is 7.05 Å². The molecule has 0 spiro atoms. The van der Waals surface area contributed by atoms with Crippen LogP contribution in [0.25, 0.3) is 33.3 Å². The van der Waals surface area contributed by atoms with E-state index in [0.717, 1.165) is 53.8 Å². The van der Waals surface area contributed by atoms with Crippen molar-refractivity contribution in [3.63, 3.8) is 0 Å². The largest absolute Gasteiger partial charge is 0.355 e. The monoisotopic (exact) mass is 441 g/mol. The van der Waals surface area contributed by atoms with Crippen LogP contribution in [0, 0.1) is 17.1 Å². The quantitative estimate of drug-likeness (QED) is 0.517. The van der Waals surface area contributed by atoms with Gasteiger partial charge in [-0.3, -0.25) is 4.68 Å². The Labute approximate surface area is 191 Å². The molecular weight excluding hydrogens is 417 g/mol. The number of anilines is 1. The Hall–Kier alpha value is -3.83. The number of piperidine rings is 1. The van der Waals surface area contributed by atoms with Crippen LogP contribution in [0.2, 0.25) is 0 Å². The Morgan fingerprint density at radius 2 is 1.85 bits per heavy atom. The highest BCUT2D eigenvalue weighted by atomic mass is 19.1. The lowest BCUT2D eigenvalue weighted by Gasteiger charge is -2.32. The first-order valence-corrected chi connectivity index (χ1v) is 11.0. The van der Waals surface area contributed by atoms with E-state index in [-0.39, 0.29) is 5.56 Å². The van der Waals surface area contributed by atoms with Crippen molar-refractivity contribution in [1.29, 1.82) is 5.26 Å². The lowest BCUT2D eigenvalue weighted by molar-refractivity contribution is 0.440. The molecule has 1 N–H and O–H groups in total. The van der Waals surface area contributed by atoms with E-state index >= 15 is 0 Å². The molecule has 1 fully saturated rings. The molecule has 2 aromatic heterocycles. The SMILES string of the molecule is CNC1CCN(c2cc(-c3ccc(C#N)c(F)c3)c(-c3ccc4nn(C)cc4c3)nn2)CC1. The summed E-state index contributed by atoms with van der Waals surface area (Å²) in [5.74, 6) is 0.229. The van der Waals surface area contributed by atoms with E-state index < -0.39 is 5.82 Å². The van der Waals surface area contributed by atoms with Gasteiger partial charge in [0, 0.05) is 48.9 Å². The Bertz CT molecular complexity index is 1360. The van der Waals surface area contributed by atoms with E-state index in [9.17, 15) is 4.39 Å². The molecule has 0 aliphatic carbocycles. The molecule has 0 atom stereocenters. The molecule has 166 valence electrons. The van der Waals surface area contributed by atoms with Gasteiger partial charge in [-0.1, -0.05) is 12.1 Å². The summed E-state index contributed by atoms with van der Waals surface area (Å²) in [6, 6.07) is 15.0. The molecule has 0 unspecified atom stereocenters. The molecule has 0 saturated carbocycles. The van der Waals surface area contributed by atoms with E-state index in [2.05, 4.69) is 25.5 Å². The van der Waals surface area contributed by atoms with Crippen LogP contribution in [0.15, 0.2) is 48.7 Å². The van der Waals surface area contributed by atoms with Crippen LogP contribution in [-0.4, -0.2) is 46.2 Å². The maximum Gasteiger partial charge on any atom is 0.151 e. The van der Waals surface area contributed by atoms with Gasteiger partial charge in [0.05, 0.1) is 11.1 Å². The fraction of sp³-hybridized carbons (Fsp3) is 0.280. The van der Waals surface area contributed by atoms with Crippen LogP contribution >= 0.6 is 0 Å². The number of aryl methyl sites for hydroxylation is 1. The number of hydrogen-bond donors (Lipinski definition) is 1. The summed E-state index contributed by atoms with van der Waals surface area (Å²) in [6.07, 6.45) is 4.00. The van der Waals surface area contributed by atoms with Crippen molar-refractivity contribution < 1.29 is 4.39 Å². The lowest BCUT2D eigenvalue weighted by Crippen LogP contribution is -2.41. The second-order valence-electron chi connectivity index (χ2n) is 8.40. The number of nitrogens with zero attached hydrogens (tertiary/aromatic N) is 6. The molecule has 33 heavy (non-hydrogen) atoms. The summed E-state index contributed by atoms with van der Waals surface area (Å²) in [6.45, 7) is 1.75. The van der Waals surface area contributed by atoms with Crippen molar-refractivity contribution in [2.24, 2.45) is 7.05 Å². The third-order valence-electron chi connectivity index (χ3n) is 6.30. The number of nitriles is 1. The van der Waals surface area contributed by atoms with E-state index in [1.165, 1.54) is 12.1 Å². The van der Waals surface area contributed by atoms with E-state index in [1.807, 2.05) is 50.6 Å². The fourth-order valence-corrected chi connectivity index (χ4v) is 4.44. The van der Waals surface area contributed by atoms with Crippen molar-refractivity contribution in [2.45, 2.75) is 18.9 Å². The van der Waals surface area contributed by atoms with Crippen LogP contribution in [0.1, 0.15) is 18.4 Å². The van der Waals surface area contributed by atoms with Gasteiger partial charge in [0.2, 0.25) is 0 Å². The molecule has 1 aliphatic rings. The number of rotatable bonds is 4. The Morgan fingerprint density at radius 3 is 2.58 bits per heavy atom. The van der Waals surface area contributed by atoms with Crippen LogP contribution < -0.4 is 10.2 Å². The summed E-state index contributed by atoms with van der Waals surface area (Å²) >= 11 is 0. The van der Waals surface area contributed by atoms with E-state index in [4.69, 9.17) is 5.26 Å². The topological polar surface area (TPSA) is 82.7 Å². The lowest BCUT2D eigenvalue weighted by atomic mass is 9.97. The number of nitrogens with one attached hydrogen (secondary N) is 1. The molecule has 4 aromatic rings. The van der Waals surface area contributed by atoms with Gasteiger partial charge in [-0.25, -0.2) is 4.39 Å². The highest BCUT2D eigenvalue weighted by molar-refractivity contribution is 5.88. The second-order valence-corrected chi connectivity index (χ2v) is 8.40. The minimum atomic E-state index is -0.545. The van der Waals surface area contributed by atoms with Gasteiger partial charge in [-0.15, -0.1) is 10.2 Å². The first-order chi connectivity index (χ1) is 16.1. The zero-order valence-electron chi connectivity index (χ0n) is 18.6. The van der Waals surface area contributed by atoms with Gasteiger partial charge in [-0.2, -0.15) is 10.4 Å². The van der Waals surface area contributed by atoms with Gasteiger partial charge in [-0.05, 0) is 55.8 Å². The van der Waals surface area contributed by atoms with Crippen molar-refractivity contribution in [2.75, 3.05) is 25.0 Å². The predicted octanol–water partition coefficient (Wildman–Crippen LogP) is 3.90. The Morgan fingerprint density at radius 1 is 1.06 bits per heavy atom. The van der Waals surface area contributed by atoms with Crippen LogP contribution in [0.5, 0.6) is 0 Å². The molecule has 2 aromatic carbocycles. The minimum Gasteiger partial charge on any atom is -0.355 e. The average Bonchev–Trinajstić information content (AvgIpc) is 3.23. The van der Waals surface area contributed by atoms with Crippen molar-refractivity contribution in [3.05, 3.63) is 60.0 Å². The molecule has 1 aliphatic heterocycles. The smallest absolute Gasteiger partial charge is 0.151 e. The third-order valence-corrected chi connectivity index (χ3v) is 6.30. The van der Waals surface area contributed by atoms with Gasteiger partial charge in [0.25, 0.3) is 0 Å². The molecule has 0 radical (unpaired) electrons. The molecule has 0 amide bonds. The number of hydrogen-bond acceptors (Lipinski definition) is 6. The molecule has 8 heteroatoms. The summed E-state index contributed by atoms with van der Waals surface area (Å²) in [5, 5.41) is 27.1. The van der Waals surface area contributed by atoms with Crippen LogP contribution in [0.3, 0.4) is 0 Å². The Balaban J connectivity index is 1.61. The normalized spacial score (nSPS) is 14.5. The number of benzene rings is 2. The standard InChI is InChI=1S/C25H24FN7/c1-28-20-7-9-33(10-8-20)24-13-21(16-3-4-18(14-27)22(26)12-16)25(30-29-24)17-5-6-23-19(11-17)15-32(2)31-23/h3-6,11-13,15,20,28H,7-10H2,1-2H3.